The first-order chi connectivity index (χ1) is 14.1. The molecule has 29 heavy (non-hydrogen) atoms. The van der Waals surface area contributed by atoms with Crippen molar-refractivity contribution in [3.05, 3.63) is 63.6 Å². The van der Waals surface area contributed by atoms with Crippen LogP contribution in [0.4, 0.5) is 11.5 Å². The monoisotopic (exact) mass is 387 g/mol. The normalized spacial score (nSPS) is 13.3. The van der Waals surface area contributed by atoms with Gasteiger partial charge in [0.15, 0.2) is 0 Å². The molecule has 0 spiro atoms. The Morgan fingerprint density at radius 3 is 2.83 bits per heavy atom. The molecule has 1 aromatic carbocycles. The third-order valence-electron chi connectivity index (χ3n) is 5.71. The maximum atomic E-state index is 12.9. The van der Waals surface area contributed by atoms with Gasteiger partial charge in [0.05, 0.1) is 5.52 Å². The highest BCUT2D eigenvalue weighted by molar-refractivity contribution is 5.82. The van der Waals surface area contributed by atoms with Crippen molar-refractivity contribution in [2.45, 2.75) is 45.7 Å². The van der Waals surface area contributed by atoms with Crippen molar-refractivity contribution in [3.63, 3.8) is 0 Å². The summed E-state index contributed by atoms with van der Waals surface area (Å²) in [7, 11) is 0. The summed E-state index contributed by atoms with van der Waals surface area (Å²) < 4.78 is 1.76. The molecule has 6 nitrogen and oxygen atoms in total. The summed E-state index contributed by atoms with van der Waals surface area (Å²) in [4.78, 5) is 17.4. The van der Waals surface area contributed by atoms with Crippen LogP contribution in [0.3, 0.4) is 0 Å². The Labute approximate surface area is 170 Å². The molecule has 0 saturated carbocycles. The molecular formula is C23H25N5O. The van der Waals surface area contributed by atoms with Crippen LogP contribution in [0.25, 0.3) is 10.9 Å². The summed E-state index contributed by atoms with van der Waals surface area (Å²) in [5, 5.41) is 16.9. The van der Waals surface area contributed by atoms with Gasteiger partial charge in [-0.1, -0.05) is 19.9 Å². The molecule has 0 atom stereocenters. The van der Waals surface area contributed by atoms with Crippen LogP contribution in [-0.4, -0.2) is 16.1 Å². The second kappa shape index (κ2) is 8.06. The Hall–Kier alpha value is -3.17. The van der Waals surface area contributed by atoms with Crippen molar-refractivity contribution in [3.8, 4) is 6.07 Å². The minimum Gasteiger partial charge on any atom is -0.340 e. The lowest BCUT2D eigenvalue weighted by Crippen LogP contribution is -2.26. The third kappa shape index (κ3) is 3.62. The maximum Gasteiger partial charge on any atom is 0.269 e. The van der Waals surface area contributed by atoms with Gasteiger partial charge >= 0.3 is 0 Å². The molecule has 0 bridgehead atoms. The van der Waals surface area contributed by atoms with Crippen molar-refractivity contribution < 1.29 is 0 Å². The number of aromatic nitrogens is 2. The van der Waals surface area contributed by atoms with E-state index in [0.717, 1.165) is 48.9 Å². The molecule has 0 aliphatic carbocycles. The molecule has 148 valence electrons. The second-order valence-corrected chi connectivity index (χ2v) is 7.48. The van der Waals surface area contributed by atoms with Crippen molar-refractivity contribution in [2.24, 2.45) is 0 Å². The van der Waals surface area contributed by atoms with Gasteiger partial charge in [-0.2, -0.15) is 5.26 Å². The number of benzene rings is 1. The topological polar surface area (TPSA) is 82.7 Å². The highest BCUT2D eigenvalue weighted by atomic mass is 16.1. The predicted molar refractivity (Wildman–Crippen MR) is 115 cm³/mol. The Bertz CT molecular complexity index is 1150. The molecule has 0 saturated heterocycles. The van der Waals surface area contributed by atoms with Gasteiger partial charge in [0.2, 0.25) is 0 Å². The van der Waals surface area contributed by atoms with Crippen LogP contribution in [-0.2, 0) is 13.0 Å². The molecule has 3 aromatic rings. The smallest absolute Gasteiger partial charge is 0.269 e. The van der Waals surface area contributed by atoms with Gasteiger partial charge in [-0.05, 0) is 55.1 Å². The summed E-state index contributed by atoms with van der Waals surface area (Å²) in [6.45, 7) is 6.02. The molecule has 0 radical (unpaired) electrons. The van der Waals surface area contributed by atoms with E-state index in [-0.39, 0.29) is 17.2 Å². The SMILES string of the molecule is CCC(CC)n1c(=O)c(C#N)cc2cnc(Nc3ccc4c(c3)CNCC4)cc21. The van der Waals surface area contributed by atoms with Gasteiger partial charge in [0, 0.05) is 35.9 Å². The van der Waals surface area contributed by atoms with Crippen molar-refractivity contribution in [1.82, 2.24) is 14.9 Å². The minimum absolute atomic E-state index is 0.0448. The summed E-state index contributed by atoms with van der Waals surface area (Å²) >= 11 is 0. The maximum absolute atomic E-state index is 12.9. The Kier molecular flexibility index (Phi) is 5.32. The number of hydrogen-bond acceptors (Lipinski definition) is 5. The number of nitriles is 1. The molecule has 0 amide bonds. The highest BCUT2D eigenvalue weighted by Crippen LogP contribution is 2.26. The first kappa shape index (κ1) is 19.2. The van der Waals surface area contributed by atoms with E-state index in [4.69, 9.17) is 0 Å². The van der Waals surface area contributed by atoms with E-state index in [1.165, 1.54) is 11.1 Å². The lowest BCUT2D eigenvalue weighted by molar-refractivity contribution is 0.472. The van der Waals surface area contributed by atoms with Gasteiger partial charge in [-0.15, -0.1) is 0 Å². The molecule has 6 heteroatoms. The first-order valence-corrected chi connectivity index (χ1v) is 10.2. The molecule has 2 N–H and O–H groups in total. The predicted octanol–water partition coefficient (Wildman–Crippen LogP) is 4.02. The van der Waals surface area contributed by atoms with Crippen LogP contribution in [0.2, 0.25) is 0 Å². The minimum atomic E-state index is -0.231. The number of anilines is 2. The zero-order valence-electron chi connectivity index (χ0n) is 16.8. The standard InChI is InChI=1S/C23H25N5O/c1-3-20(4-2)28-21-11-22(26-14-18(21)9-16(12-24)23(28)29)27-19-6-5-15-7-8-25-13-17(15)10-19/h5-6,9-11,14,20,25H,3-4,7-8,13H2,1-2H3,(H,26,27). The van der Waals surface area contributed by atoms with Gasteiger partial charge in [0.25, 0.3) is 5.56 Å². The number of nitrogens with zero attached hydrogens (tertiary/aromatic N) is 3. The molecule has 0 unspecified atom stereocenters. The van der Waals surface area contributed by atoms with E-state index in [1.807, 2.05) is 12.1 Å². The molecule has 1 aliphatic rings. The summed E-state index contributed by atoms with van der Waals surface area (Å²) in [5.74, 6) is 0.685. The third-order valence-corrected chi connectivity index (χ3v) is 5.71. The van der Waals surface area contributed by atoms with Crippen LogP contribution in [0, 0.1) is 11.3 Å². The van der Waals surface area contributed by atoms with Gasteiger partial charge in [0.1, 0.15) is 17.5 Å². The molecule has 3 heterocycles. The van der Waals surface area contributed by atoms with Gasteiger partial charge in [-0.3, -0.25) is 4.79 Å². The number of rotatable bonds is 5. The lowest BCUT2D eigenvalue weighted by Gasteiger charge is -2.20. The van der Waals surface area contributed by atoms with Gasteiger partial charge < -0.3 is 15.2 Å². The van der Waals surface area contributed by atoms with Crippen molar-refractivity contribution in [2.75, 3.05) is 11.9 Å². The average molecular weight is 387 g/mol. The molecule has 1 aliphatic heterocycles. The fraction of sp³-hybridized carbons (Fsp3) is 0.348. The molecule has 4 rings (SSSR count). The lowest BCUT2D eigenvalue weighted by atomic mass is 10.0. The molecular weight excluding hydrogens is 362 g/mol. The van der Waals surface area contributed by atoms with Crippen LogP contribution in [0.1, 0.15) is 49.4 Å². The largest absolute Gasteiger partial charge is 0.340 e. The van der Waals surface area contributed by atoms with E-state index in [1.54, 1.807) is 16.8 Å². The second-order valence-electron chi connectivity index (χ2n) is 7.48. The molecule has 0 fully saturated rings. The van der Waals surface area contributed by atoms with Crippen LogP contribution in [0.5, 0.6) is 0 Å². The quantitative estimate of drug-likeness (QED) is 0.691. The highest BCUT2D eigenvalue weighted by Gasteiger charge is 2.16. The van der Waals surface area contributed by atoms with Crippen molar-refractivity contribution in [1.29, 1.82) is 5.26 Å². The van der Waals surface area contributed by atoms with E-state index >= 15 is 0 Å². The number of hydrogen-bond donors (Lipinski definition) is 2. The zero-order chi connectivity index (χ0) is 20.4. The Morgan fingerprint density at radius 2 is 2.07 bits per heavy atom. The summed E-state index contributed by atoms with van der Waals surface area (Å²) in [6.07, 6.45) is 4.43. The van der Waals surface area contributed by atoms with Gasteiger partial charge in [-0.25, -0.2) is 4.98 Å². The average Bonchev–Trinajstić information content (AvgIpc) is 2.75. The van der Waals surface area contributed by atoms with E-state index in [2.05, 4.69) is 47.7 Å². The number of pyridine rings is 2. The van der Waals surface area contributed by atoms with E-state index in [9.17, 15) is 10.1 Å². The van der Waals surface area contributed by atoms with Crippen molar-refractivity contribution >= 4 is 22.4 Å². The first-order valence-electron chi connectivity index (χ1n) is 10.2. The summed E-state index contributed by atoms with van der Waals surface area (Å²) in [5.41, 5.74) is 4.39. The number of nitrogens with one attached hydrogen (secondary N) is 2. The zero-order valence-corrected chi connectivity index (χ0v) is 16.8. The number of fused-ring (bicyclic) bond motifs is 2. The Balaban J connectivity index is 1.78. The fourth-order valence-corrected chi connectivity index (χ4v) is 4.10. The Morgan fingerprint density at radius 1 is 1.24 bits per heavy atom. The van der Waals surface area contributed by atoms with Crippen LogP contribution >= 0.6 is 0 Å². The summed E-state index contributed by atoms with van der Waals surface area (Å²) in [6, 6.07) is 12.0. The molecule has 2 aromatic heterocycles. The van der Waals surface area contributed by atoms with Crippen LogP contribution in [0.15, 0.2) is 41.3 Å². The van der Waals surface area contributed by atoms with E-state index in [0.29, 0.717) is 5.82 Å². The van der Waals surface area contributed by atoms with E-state index < -0.39 is 0 Å². The van der Waals surface area contributed by atoms with Crippen LogP contribution < -0.4 is 16.2 Å². The fourth-order valence-electron chi connectivity index (χ4n) is 4.10.